The largest absolute Gasteiger partial charge is 0.493 e. The minimum absolute atomic E-state index is 0.00983. The molecule has 0 amide bonds. The Kier molecular flexibility index (Phi) is 6.91. The number of rotatable bonds is 6. The molecule has 2 aromatic rings. The second kappa shape index (κ2) is 9.79. The first-order chi connectivity index (χ1) is 14.1. The van der Waals surface area contributed by atoms with Gasteiger partial charge in [-0.15, -0.1) is 0 Å². The summed E-state index contributed by atoms with van der Waals surface area (Å²) in [7, 11) is 3.13. The van der Waals surface area contributed by atoms with Crippen LogP contribution in [0.4, 0.5) is 0 Å². The average molecular weight is 391 g/mol. The van der Waals surface area contributed by atoms with Crippen molar-refractivity contribution in [1.29, 1.82) is 5.26 Å². The van der Waals surface area contributed by atoms with Gasteiger partial charge >= 0.3 is 5.97 Å². The standard InChI is InChI=1S/C24H25NO4/c1-27-22-12-11-19(15-23(22)28-2)20(16-25)13-17-7-6-10-21(14-17)29-24(26)18-8-4-3-5-9-18/h6-7,10-15,18H,3-5,8-9H2,1-2H3/b20-13-. The smallest absolute Gasteiger partial charge is 0.314 e. The summed E-state index contributed by atoms with van der Waals surface area (Å²) in [6.07, 6.45) is 6.92. The van der Waals surface area contributed by atoms with Gasteiger partial charge in [-0.3, -0.25) is 4.79 Å². The number of hydrogen-bond acceptors (Lipinski definition) is 5. The van der Waals surface area contributed by atoms with Crippen molar-refractivity contribution in [2.45, 2.75) is 32.1 Å². The molecule has 0 aromatic heterocycles. The fourth-order valence-electron chi connectivity index (χ4n) is 3.56. The zero-order valence-electron chi connectivity index (χ0n) is 16.8. The van der Waals surface area contributed by atoms with Crippen LogP contribution in [0.5, 0.6) is 17.2 Å². The first kappa shape index (κ1) is 20.5. The first-order valence-electron chi connectivity index (χ1n) is 9.80. The Balaban J connectivity index is 1.80. The highest BCUT2D eigenvalue weighted by molar-refractivity contribution is 5.90. The van der Waals surface area contributed by atoms with Crippen molar-refractivity contribution in [2.75, 3.05) is 14.2 Å². The van der Waals surface area contributed by atoms with Gasteiger partial charge in [0.2, 0.25) is 0 Å². The van der Waals surface area contributed by atoms with Crippen LogP contribution in [-0.4, -0.2) is 20.2 Å². The van der Waals surface area contributed by atoms with E-state index in [2.05, 4.69) is 6.07 Å². The van der Waals surface area contributed by atoms with E-state index >= 15 is 0 Å². The molecule has 29 heavy (non-hydrogen) atoms. The van der Waals surface area contributed by atoms with Gasteiger partial charge in [0.1, 0.15) is 5.75 Å². The number of nitrogens with zero attached hydrogens (tertiary/aromatic N) is 1. The molecule has 150 valence electrons. The molecule has 1 fully saturated rings. The van der Waals surface area contributed by atoms with Crippen LogP contribution >= 0.6 is 0 Å². The van der Waals surface area contributed by atoms with Gasteiger partial charge in [0, 0.05) is 0 Å². The van der Waals surface area contributed by atoms with Gasteiger partial charge < -0.3 is 14.2 Å². The maximum absolute atomic E-state index is 12.4. The van der Waals surface area contributed by atoms with Crippen LogP contribution in [0.25, 0.3) is 11.6 Å². The SMILES string of the molecule is COc1ccc(/C(C#N)=C\c2cccc(OC(=O)C3CCCCC3)c2)cc1OC. The molecule has 0 heterocycles. The quantitative estimate of drug-likeness (QED) is 0.291. The molecule has 1 aliphatic carbocycles. The summed E-state index contributed by atoms with van der Waals surface area (Å²) in [5.74, 6) is 1.49. The summed E-state index contributed by atoms with van der Waals surface area (Å²) in [5, 5.41) is 9.64. The van der Waals surface area contributed by atoms with Gasteiger partial charge in [-0.05, 0) is 60.4 Å². The first-order valence-corrected chi connectivity index (χ1v) is 9.80. The third-order valence-electron chi connectivity index (χ3n) is 5.14. The molecule has 2 aromatic carbocycles. The molecule has 0 bridgehead atoms. The van der Waals surface area contributed by atoms with E-state index in [1.54, 1.807) is 44.6 Å². The Labute approximate surface area is 171 Å². The summed E-state index contributed by atoms with van der Waals surface area (Å²) in [4.78, 5) is 12.4. The van der Waals surface area contributed by atoms with E-state index in [1.807, 2.05) is 18.2 Å². The number of carbonyl (C=O) groups is 1. The van der Waals surface area contributed by atoms with Crippen molar-refractivity contribution in [3.05, 3.63) is 53.6 Å². The second-order valence-corrected chi connectivity index (χ2v) is 7.07. The summed E-state index contributed by atoms with van der Waals surface area (Å²) in [6, 6.07) is 14.8. The normalized spacial score (nSPS) is 14.7. The Morgan fingerprint density at radius 2 is 1.79 bits per heavy atom. The Morgan fingerprint density at radius 3 is 2.48 bits per heavy atom. The van der Waals surface area contributed by atoms with E-state index in [4.69, 9.17) is 14.2 Å². The van der Waals surface area contributed by atoms with E-state index in [0.29, 0.717) is 22.8 Å². The number of methoxy groups -OCH3 is 2. The van der Waals surface area contributed by atoms with Crippen molar-refractivity contribution in [3.8, 4) is 23.3 Å². The third-order valence-corrected chi connectivity index (χ3v) is 5.14. The third kappa shape index (κ3) is 5.17. The predicted molar refractivity (Wildman–Crippen MR) is 112 cm³/mol. The van der Waals surface area contributed by atoms with E-state index in [-0.39, 0.29) is 11.9 Å². The van der Waals surface area contributed by atoms with E-state index in [0.717, 1.165) is 36.8 Å². The average Bonchev–Trinajstić information content (AvgIpc) is 2.77. The van der Waals surface area contributed by atoms with Crippen LogP contribution in [-0.2, 0) is 4.79 Å². The van der Waals surface area contributed by atoms with Crippen molar-refractivity contribution in [2.24, 2.45) is 5.92 Å². The summed E-state index contributed by atoms with van der Waals surface area (Å²) in [6.45, 7) is 0. The van der Waals surface area contributed by atoms with E-state index in [9.17, 15) is 10.1 Å². The molecule has 3 rings (SSSR count). The monoisotopic (exact) mass is 391 g/mol. The minimum atomic E-state index is -0.161. The maximum Gasteiger partial charge on any atom is 0.314 e. The molecular formula is C24H25NO4. The lowest BCUT2D eigenvalue weighted by Gasteiger charge is -2.19. The molecule has 5 heteroatoms. The molecular weight excluding hydrogens is 366 g/mol. The number of ether oxygens (including phenoxy) is 3. The van der Waals surface area contributed by atoms with Crippen LogP contribution < -0.4 is 14.2 Å². The highest BCUT2D eigenvalue weighted by Gasteiger charge is 2.23. The van der Waals surface area contributed by atoms with Crippen molar-refractivity contribution in [1.82, 2.24) is 0 Å². The molecule has 0 aliphatic heterocycles. The Morgan fingerprint density at radius 1 is 1.03 bits per heavy atom. The lowest BCUT2D eigenvalue weighted by molar-refractivity contribution is -0.139. The molecule has 0 saturated heterocycles. The maximum atomic E-state index is 12.4. The van der Waals surface area contributed by atoms with Crippen LogP contribution in [0.1, 0.15) is 43.2 Å². The molecule has 0 N–H and O–H groups in total. The number of esters is 1. The highest BCUT2D eigenvalue weighted by atomic mass is 16.5. The van der Waals surface area contributed by atoms with Gasteiger partial charge in [-0.25, -0.2) is 0 Å². The van der Waals surface area contributed by atoms with Crippen LogP contribution in [0.3, 0.4) is 0 Å². The zero-order valence-corrected chi connectivity index (χ0v) is 16.8. The van der Waals surface area contributed by atoms with Crippen molar-refractivity contribution >= 4 is 17.6 Å². The Hall–Kier alpha value is -3.26. The Bertz CT molecular complexity index is 936. The number of allylic oxidation sites excluding steroid dienone is 1. The van der Waals surface area contributed by atoms with Gasteiger partial charge in [-0.1, -0.05) is 31.4 Å². The van der Waals surface area contributed by atoms with E-state index < -0.39 is 0 Å². The summed E-state index contributed by atoms with van der Waals surface area (Å²) >= 11 is 0. The van der Waals surface area contributed by atoms with Crippen molar-refractivity contribution < 1.29 is 19.0 Å². The van der Waals surface area contributed by atoms with Gasteiger partial charge in [0.15, 0.2) is 11.5 Å². The second-order valence-electron chi connectivity index (χ2n) is 7.07. The lowest BCUT2D eigenvalue weighted by Crippen LogP contribution is -2.22. The topological polar surface area (TPSA) is 68.5 Å². The number of carbonyl (C=O) groups excluding carboxylic acids is 1. The van der Waals surface area contributed by atoms with Crippen LogP contribution in [0.2, 0.25) is 0 Å². The fourth-order valence-corrected chi connectivity index (χ4v) is 3.56. The predicted octanol–water partition coefficient (Wildman–Crippen LogP) is 5.25. The molecule has 5 nitrogen and oxygen atoms in total. The molecule has 0 radical (unpaired) electrons. The molecule has 1 saturated carbocycles. The van der Waals surface area contributed by atoms with Gasteiger partial charge in [0.05, 0.1) is 31.8 Å². The van der Waals surface area contributed by atoms with E-state index in [1.165, 1.54) is 6.42 Å². The number of hydrogen-bond donors (Lipinski definition) is 0. The highest BCUT2D eigenvalue weighted by Crippen LogP contribution is 2.31. The number of benzene rings is 2. The molecule has 0 atom stereocenters. The van der Waals surface area contributed by atoms with Gasteiger partial charge in [-0.2, -0.15) is 5.26 Å². The molecule has 0 unspecified atom stereocenters. The van der Waals surface area contributed by atoms with Crippen LogP contribution in [0, 0.1) is 17.2 Å². The fraction of sp³-hybridized carbons (Fsp3) is 0.333. The molecule has 1 aliphatic rings. The minimum Gasteiger partial charge on any atom is -0.493 e. The summed E-state index contributed by atoms with van der Waals surface area (Å²) in [5.41, 5.74) is 1.97. The van der Waals surface area contributed by atoms with Crippen molar-refractivity contribution in [3.63, 3.8) is 0 Å². The zero-order chi connectivity index (χ0) is 20.6. The molecule has 0 spiro atoms. The summed E-state index contributed by atoms with van der Waals surface area (Å²) < 4.78 is 16.2. The van der Waals surface area contributed by atoms with Gasteiger partial charge in [0.25, 0.3) is 0 Å². The lowest BCUT2D eigenvalue weighted by atomic mass is 9.89. The van der Waals surface area contributed by atoms with Crippen LogP contribution in [0.15, 0.2) is 42.5 Å². The number of nitriles is 1.